The molecule has 27 heavy (non-hydrogen) atoms. The van der Waals surface area contributed by atoms with Gasteiger partial charge in [0.05, 0.1) is 18.2 Å². The van der Waals surface area contributed by atoms with Crippen LogP contribution in [-0.4, -0.2) is 40.3 Å². The first kappa shape index (κ1) is 17.8. The van der Waals surface area contributed by atoms with Crippen molar-refractivity contribution in [2.45, 2.75) is 19.8 Å². The summed E-state index contributed by atoms with van der Waals surface area (Å²) < 4.78 is 7.04. The Balaban J connectivity index is 1.65. The van der Waals surface area contributed by atoms with E-state index in [-0.39, 0.29) is 11.9 Å². The highest BCUT2D eigenvalue weighted by atomic mass is 35.5. The zero-order valence-corrected chi connectivity index (χ0v) is 15.9. The molecule has 1 saturated heterocycles. The van der Waals surface area contributed by atoms with Crippen molar-refractivity contribution < 1.29 is 9.53 Å². The first-order valence-corrected chi connectivity index (χ1v) is 9.55. The van der Waals surface area contributed by atoms with Crippen LogP contribution < -0.4 is 4.90 Å². The first-order chi connectivity index (χ1) is 13.2. The van der Waals surface area contributed by atoms with Gasteiger partial charge in [-0.1, -0.05) is 23.7 Å². The molecular formula is C20H21ClN4O2. The first-order valence-electron chi connectivity index (χ1n) is 9.17. The van der Waals surface area contributed by atoms with Gasteiger partial charge in [-0.15, -0.1) is 0 Å². The van der Waals surface area contributed by atoms with E-state index in [4.69, 9.17) is 16.3 Å². The van der Waals surface area contributed by atoms with Gasteiger partial charge in [0.1, 0.15) is 5.52 Å². The number of carbonyl (C=O) groups excluding carboxylic acids is 1. The molecule has 1 aliphatic heterocycles. The molecule has 0 bridgehead atoms. The summed E-state index contributed by atoms with van der Waals surface area (Å²) in [6.45, 7) is 3.73. The number of anilines is 1. The highest BCUT2D eigenvalue weighted by molar-refractivity contribution is 6.30. The molecule has 2 aromatic heterocycles. The molecule has 0 N–H and O–H groups in total. The number of hydrogen-bond donors (Lipinski definition) is 0. The van der Waals surface area contributed by atoms with Crippen LogP contribution in [-0.2, 0) is 9.53 Å². The van der Waals surface area contributed by atoms with E-state index in [9.17, 15) is 4.79 Å². The number of hydrogen-bond acceptors (Lipinski definition) is 5. The largest absolute Gasteiger partial charge is 0.466 e. The molecule has 0 saturated carbocycles. The predicted molar refractivity (Wildman–Crippen MR) is 105 cm³/mol. The number of esters is 1. The number of halogens is 1. The molecular weight excluding hydrogens is 364 g/mol. The maximum absolute atomic E-state index is 12.2. The second kappa shape index (κ2) is 7.56. The highest BCUT2D eigenvalue weighted by Crippen LogP contribution is 2.29. The molecule has 4 rings (SSSR count). The smallest absolute Gasteiger partial charge is 0.310 e. The van der Waals surface area contributed by atoms with E-state index in [0.717, 1.165) is 42.0 Å². The maximum Gasteiger partial charge on any atom is 0.310 e. The van der Waals surface area contributed by atoms with Gasteiger partial charge < -0.3 is 9.64 Å². The van der Waals surface area contributed by atoms with Crippen molar-refractivity contribution >= 4 is 28.9 Å². The molecule has 0 amide bonds. The van der Waals surface area contributed by atoms with E-state index in [1.165, 1.54) is 0 Å². The van der Waals surface area contributed by atoms with Crippen LogP contribution in [0.3, 0.4) is 0 Å². The van der Waals surface area contributed by atoms with Crippen LogP contribution in [0.15, 0.2) is 42.7 Å². The SMILES string of the molecule is CCOC(=O)[C@H]1CCCN(c2nccn3nc(-c4ccc(Cl)cc4)cc23)C1. The third-order valence-corrected chi connectivity index (χ3v) is 5.10. The monoisotopic (exact) mass is 384 g/mol. The van der Waals surface area contributed by atoms with Gasteiger partial charge >= 0.3 is 5.97 Å². The molecule has 0 spiro atoms. The van der Waals surface area contributed by atoms with E-state index in [2.05, 4.69) is 15.0 Å². The Labute approximate surface area is 162 Å². The van der Waals surface area contributed by atoms with E-state index in [0.29, 0.717) is 18.2 Å². The lowest BCUT2D eigenvalue weighted by Crippen LogP contribution is -2.40. The van der Waals surface area contributed by atoms with Crippen LogP contribution in [0.1, 0.15) is 19.8 Å². The van der Waals surface area contributed by atoms with E-state index >= 15 is 0 Å². The van der Waals surface area contributed by atoms with Crippen molar-refractivity contribution in [2.75, 3.05) is 24.6 Å². The quantitative estimate of drug-likeness (QED) is 0.640. The van der Waals surface area contributed by atoms with Crippen LogP contribution in [0, 0.1) is 5.92 Å². The average Bonchev–Trinajstić information content (AvgIpc) is 3.13. The van der Waals surface area contributed by atoms with Crippen molar-refractivity contribution in [2.24, 2.45) is 5.92 Å². The zero-order chi connectivity index (χ0) is 18.8. The maximum atomic E-state index is 12.2. The number of benzene rings is 1. The van der Waals surface area contributed by atoms with Crippen LogP contribution in [0.2, 0.25) is 5.02 Å². The Morgan fingerprint density at radius 2 is 2.15 bits per heavy atom. The van der Waals surface area contributed by atoms with Crippen molar-refractivity contribution in [3.8, 4) is 11.3 Å². The third-order valence-electron chi connectivity index (χ3n) is 4.85. The average molecular weight is 385 g/mol. The van der Waals surface area contributed by atoms with E-state index in [1.54, 1.807) is 6.20 Å². The lowest BCUT2D eigenvalue weighted by Gasteiger charge is -2.32. The highest BCUT2D eigenvalue weighted by Gasteiger charge is 2.28. The van der Waals surface area contributed by atoms with Gasteiger partial charge in [0.15, 0.2) is 5.82 Å². The third kappa shape index (κ3) is 3.62. The lowest BCUT2D eigenvalue weighted by molar-refractivity contribution is -0.148. The number of piperidine rings is 1. The summed E-state index contributed by atoms with van der Waals surface area (Å²) in [4.78, 5) is 18.9. The molecule has 1 aromatic carbocycles. The summed E-state index contributed by atoms with van der Waals surface area (Å²) in [6, 6.07) is 9.65. The van der Waals surface area contributed by atoms with Crippen molar-refractivity contribution in [3.63, 3.8) is 0 Å². The number of fused-ring (bicyclic) bond motifs is 1. The Bertz CT molecular complexity index is 954. The fourth-order valence-electron chi connectivity index (χ4n) is 3.54. The molecule has 1 aliphatic rings. The van der Waals surface area contributed by atoms with Gasteiger partial charge in [-0.25, -0.2) is 9.50 Å². The van der Waals surface area contributed by atoms with Gasteiger partial charge in [-0.05, 0) is 38.0 Å². The van der Waals surface area contributed by atoms with Gasteiger partial charge in [-0.3, -0.25) is 4.79 Å². The minimum atomic E-state index is -0.121. The Kier molecular flexibility index (Phi) is 4.99. The van der Waals surface area contributed by atoms with Crippen LogP contribution in [0.25, 0.3) is 16.8 Å². The summed E-state index contributed by atoms with van der Waals surface area (Å²) >= 11 is 5.99. The Hall–Kier alpha value is -2.60. The van der Waals surface area contributed by atoms with Gasteiger partial charge in [0.25, 0.3) is 0 Å². The zero-order valence-electron chi connectivity index (χ0n) is 15.1. The summed E-state index contributed by atoms with van der Waals surface area (Å²) in [5, 5.41) is 5.36. The number of rotatable bonds is 4. The predicted octanol–water partition coefficient (Wildman–Crippen LogP) is 3.83. The van der Waals surface area contributed by atoms with Gasteiger partial charge in [-0.2, -0.15) is 5.10 Å². The van der Waals surface area contributed by atoms with Crippen molar-refractivity contribution in [1.82, 2.24) is 14.6 Å². The summed E-state index contributed by atoms with van der Waals surface area (Å²) in [5.41, 5.74) is 2.78. The lowest BCUT2D eigenvalue weighted by atomic mass is 9.98. The molecule has 1 fully saturated rings. The van der Waals surface area contributed by atoms with Crippen molar-refractivity contribution in [1.29, 1.82) is 0 Å². The molecule has 6 nitrogen and oxygen atoms in total. The van der Waals surface area contributed by atoms with Crippen LogP contribution in [0.5, 0.6) is 0 Å². The van der Waals surface area contributed by atoms with Crippen molar-refractivity contribution in [3.05, 3.63) is 47.7 Å². The van der Waals surface area contributed by atoms with Crippen LogP contribution >= 0.6 is 11.6 Å². The summed E-state index contributed by atoms with van der Waals surface area (Å²) in [7, 11) is 0. The topological polar surface area (TPSA) is 59.7 Å². The molecule has 3 heterocycles. The standard InChI is InChI=1S/C20H21ClN4O2/c1-2-27-20(26)15-4-3-10-24(13-15)19-18-12-17(23-25(18)11-9-22-19)14-5-7-16(21)8-6-14/h5-9,11-12,15H,2-4,10,13H2,1H3/t15-/m0/s1. The molecule has 0 aliphatic carbocycles. The normalized spacial score (nSPS) is 17.3. The molecule has 1 atom stereocenters. The Morgan fingerprint density at radius 3 is 2.93 bits per heavy atom. The molecule has 3 aromatic rings. The van der Waals surface area contributed by atoms with Gasteiger partial charge in [0.2, 0.25) is 0 Å². The number of carbonyl (C=O) groups is 1. The second-order valence-electron chi connectivity index (χ2n) is 6.65. The number of ether oxygens (including phenoxy) is 1. The fraction of sp³-hybridized carbons (Fsp3) is 0.350. The summed E-state index contributed by atoms with van der Waals surface area (Å²) in [5.74, 6) is 0.614. The molecule has 0 radical (unpaired) electrons. The van der Waals surface area contributed by atoms with Gasteiger partial charge in [0, 0.05) is 36.1 Å². The van der Waals surface area contributed by atoms with E-state index in [1.807, 2.05) is 48.0 Å². The van der Waals surface area contributed by atoms with E-state index < -0.39 is 0 Å². The minimum absolute atomic E-state index is 0.112. The fourth-order valence-corrected chi connectivity index (χ4v) is 3.66. The molecule has 0 unspecified atom stereocenters. The van der Waals surface area contributed by atoms with Crippen LogP contribution in [0.4, 0.5) is 5.82 Å². The molecule has 7 heteroatoms. The molecule has 140 valence electrons. The summed E-state index contributed by atoms with van der Waals surface area (Å²) in [6.07, 6.45) is 5.37. The Morgan fingerprint density at radius 1 is 1.33 bits per heavy atom. The number of aromatic nitrogens is 3. The number of nitrogens with zero attached hydrogens (tertiary/aromatic N) is 4. The second-order valence-corrected chi connectivity index (χ2v) is 7.09. The minimum Gasteiger partial charge on any atom is -0.466 e.